The molecule has 0 heterocycles. The highest BCUT2D eigenvalue weighted by Crippen LogP contribution is 2.44. The second kappa shape index (κ2) is 10.3. The summed E-state index contributed by atoms with van der Waals surface area (Å²) in [5, 5.41) is 14.8. The molecule has 2 aromatic rings. The van der Waals surface area contributed by atoms with E-state index in [1.54, 1.807) is 0 Å². The Balaban J connectivity index is 1.34. The molecular formula is C27H32N2O5. The van der Waals surface area contributed by atoms with E-state index in [0.29, 0.717) is 6.42 Å². The zero-order valence-electron chi connectivity index (χ0n) is 19.6. The molecule has 1 saturated carbocycles. The van der Waals surface area contributed by atoms with Crippen molar-refractivity contribution in [2.75, 3.05) is 13.2 Å². The van der Waals surface area contributed by atoms with E-state index in [1.807, 2.05) is 38.1 Å². The summed E-state index contributed by atoms with van der Waals surface area (Å²) < 4.78 is 5.57. The molecule has 34 heavy (non-hydrogen) atoms. The van der Waals surface area contributed by atoms with E-state index in [-0.39, 0.29) is 36.8 Å². The summed E-state index contributed by atoms with van der Waals surface area (Å²) >= 11 is 0. The lowest BCUT2D eigenvalue weighted by atomic mass is 9.95. The predicted molar refractivity (Wildman–Crippen MR) is 128 cm³/mol. The molecule has 0 saturated heterocycles. The van der Waals surface area contributed by atoms with E-state index in [1.165, 1.54) is 0 Å². The van der Waals surface area contributed by atoms with Crippen molar-refractivity contribution in [2.45, 2.75) is 45.1 Å². The molecule has 1 fully saturated rings. The van der Waals surface area contributed by atoms with Crippen LogP contribution < -0.4 is 10.6 Å². The van der Waals surface area contributed by atoms with Gasteiger partial charge in [-0.1, -0.05) is 62.4 Å². The Labute approximate surface area is 199 Å². The summed E-state index contributed by atoms with van der Waals surface area (Å²) in [6.07, 6.45) is 1.57. The summed E-state index contributed by atoms with van der Waals surface area (Å²) in [5.41, 5.74) is 4.58. The number of fused-ring (bicyclic) bond motifs is 3. The van der Waals surface area contributed by atoms with Crippen molar-refractivity contribution in [1.82, 2.24) is 10.6 Å². The quantitative estimate of drug-likeness (QED) is 0.490. The molecule has 4 rings (SSSR count). The van der Waals surface area contributed by atoms with Crippen LogP contribution in [0.2, 0.25) is 0 Å². The van der Waals surface area contributed by atoms with Gasteiger partial charge in [0.25, 0.3) is 0 Å². The number of aliphatic carboxylic acids is 1. The van der Waals surface area contributed by atoms with Gasteiger partial charge in [-0.3, -0.25) is 4.79 Å². The van der Waals surface area contributed by atoms with E-state index in [4.69, 9.17) is 4.74 Å². The minimum atomic E-state index is -1.01. The Kier molecular flexibility index (Phi) is 7.20. The molecule has 2 unspecified atom stereocenters. The Hall–Kier alpha value is -3.35. The SMILES string of the molecule is CC(C)CC(CNC(=O)OCC1c2ccccc2-c2ccccc21)C(=O)NC(C(=O)O)C1CC1. The second-order valence-electron chi connectivity index (χ2n) is 9.69. The smallest absolute Gasteiger partial charge is 0.407 e. The van der Waals surface area contributed by atoms with Crippen molar-refractivity contribution >= 4 is 18.0 Å². The average Bonchev–Trinajstić information content (AvgIpc) is 3.60. The molecule has 2 aromatic carbocycles. The molecule has 0 spiro atoms. The topological polar surface area (TPSA) is 105 Å². The molecule has 2 atom stereocenters. The first kappa shape index (κ1) is 23.8. The third-order valence-corrected chi connectivity index (χ3v) is 6.62. The zero-order valence-corrected chi connectivity index (χ0v) is 19.6. The minimum Gasteiger partial charge on any atom is -0.480 e. The van der Waals surface area contributed by atoms with Crippen LogP contribution in [0.1, 0.15) is 50.2 Å². The first-order valence-corrected chi connectivity index (χ1v) is 12.0. The second-order valence-corrected chi connectivity index (χ2v) is 9.69. The number of carbonyl (C=O) groups is 3. The maximum Gasteiger partial charge on any atom is 0.407 e. The predicted octanol–water partition coefficient (Wildman–Crippen LogP) is 4.17. The molecule has 0 aromatic heterocycles. The average molecular weight is 465 g/mol. The number of amides is 2. The third kappa shape index (κ3) is 5.41. The molecule has 7 nitrogen and oxygen atoms in total. The summed E-state index contributed by atoms with van der Waals surface area (Å²) in [5.74, 6) is -1.71. The lowest BCUT2D eigenvalue weighted by Gasteiger charge is -2.22. The van der Waals surface area contributed by atoms with Gasteiger partial charge in [0.2, 0.25) is 5.91 Å². The number of carbonyl (C=O) groups excluding carboxylic acids is 2. The molecular weight excluding hydrogens is 432 g/mol. The third-order valence-electron chi connectivity index (χ3n) is 6.62. The van der Waals surface area contributed by atoms with Crippen molar-refractivity contribution in [3.63, 3.8) is 0 Å². The number of nitrogens with one attached hydrogen (secondary N) is 2. The number of hydrogen-bond donors (Lipinski definition) is 3. The highest BCUT2D eigenvalue weighted by atomic mass is 16.5. The van der Waals surface area contributed by atoms with Crippen LogP contribution in [-0.2, 0) is 14.3 Å². The fourth-order valence-electron chi connectivity index (χ4n) is 4.79. The maximum absolute atomic E-state index is 12.8. The van der Waals surface area contributed by atoms with Gasteiger partial charge in [0.15, 0.2) is 0 Å². The van der Waals surface area contributed by atoms with E-state index in [0.717, 1.165) is 35.1 Å². The number of benzene rings is 2. The minimum absolute atomic E-state index is 0.00348. The highest BCUT2D eigenvalue weighted by Gasteiger charge is 2.38. The van der Waals surface area contributed by atoms with Crippen LogP contribution in [0.5, 0.6) is 0 Å². The molecule has 180 valence electrons. The van der Waals surface area contributed by atoms with Gasteiger partial charge >= 0.3 is 12.1 Å². The molecule has 2 amide bonds. The van der Waals surface area contributed by atoms with Gasteiger partial charge in [0.1, 0.15) is 12.6 Å². The standard InChI is InChI=1S/C27H32N2O5/c1-16(2)13-18(25(30)29-24(26(31)32)17-11-12-17)14-28-27(33)34-15-23-21-9-5-3-7-19(21)20-8-4-6-10-22(20)23/h3-10,16-18,23-24H,11-15H2,1-2H3,(H,28,33)(H,29,30)(H,31,32). The van der Waals surface area contributed by atoms with Crippen LogP contribution in [0.15, 0.2) is 48.5 Å². The number of hydrogen-bond acceptors (Lipinski definition) is 4. The molecule has 2 aliphatic carbocycles. The summed E-state index contributed by atoms with van der Waals surface area (Å²) in [6, 6.07) is 15.4. The van der Waals surface area contributed by atoms with Crippen molar-refractivity contribution < 1.29 is 24.2 Å². The largest absolute Gasteiger partial charge is 0.480 e. The van der Waals surface area contributed by atoms with Crippen molar-refractivity contribution in [3.8, 4) is 11.1 Å². The summed E-state index contributed by atoms with van der Waals surface area (Å²) in [6.45, 7) is 4.27. The van der Waals surface area contributed by atoms with Crippen molar-refractivity contribution in [2.24, 2.45) is 17.8 Å². The number of carboxylic acids is 1. The van der Waals surface area contributed by atoms with Crippen LogP contribution in [0, 0.1) is 17.8 Å². The Morgan fingerprint density at radius 1 is 1.00 bits per heavy atom. The van der Waals surface area contributed by atoms with Crippen LogP contribution in [0.25, 0.3) is 11.1 Å². The van der Waals surface area contributed by atoms with Crippen molar-refractivity contribution in [3.05, 3.63) is 59.7 Å². The molecule has 0 bridgehead atoms. The first-order chi connectivity index (χ1) is 16.3. The number of rotatable bonds is 10. The van der Waals surface area contributed by atoms with Crippen LogP contribution in [0.3, 0.4) is 0 Å². The zero-order chi connectivity index (χ0) is 24.2. The number of alkyl carbamates (subject to hydrolysis) is 1. The van der Waals surface area contributed by atoms with Gasteiger partial charge in [0, 0.05) is 12.5 Å². The Morgan fingerprint density at radius 2 is 1.59 bits per heavy atom. The maximum atomic E-state index is 12.8. The highest BCUT2D eigenvalue weighted by molar-refractivity contribution is 5.86. The lowest BCUT2D eigenvalue weighted by Crippen LogP contribution is -2.47. The number of ether oxygens (including phenoxy) is 1. The Morgan fingerprint density at radius 3 is 2.12 bits per heavy atom. The van der Waals surface area contributed by atoms with Gasteiger partial charge in [-0.15, -0.1) is 0 Å². The van der Waals surface area contributed by atoms with E-state index in [9.17, 15) is 19.5 Å². The van der Waals surface area contributed by atoms with Crippen LogP contribution in [0.4, 0.5) is 4.79 Å². The molecule has 2 aliphatic rings. The van der Waals surface area contributed by atoms with Gasteiger partial charge in [-0.05, 0) is 53.4 Å². The Bertz CT molecular complexity index is 1020. The van der Waals surface area contributed by atoms with Crippen molar-refractivity contribution in [1.29, 1.82) is 0 Å². The molecule has 7 heteroatoms. The van der Waals surface area contributed by atoms with Crippen LogP contribution >= 0.6 is 0 Å². The monoisotopic (exact) mass is 464 g/mol. The van der Waals surface area contributed by atoms with Gasteiger partial charge in [-0.2, -0.15) is 0 Å². The fourth-order valence-corrected chi connectivity index (χ4v) is 4.79. The van der Waals surface area contributed by atoms with Gasteiger partial charge in [0.05, 0.1) is 5.92 Å². The number of carboxylic acid groups (broad SMARTS) is 1. The van der Waals surface area contributed by atoms with Crippen LogP contribution in [-0.4, -0.2) is 42.3 Å². The van der Waals surface area contributed by atoms with E-state index < -0.39 is 24.0 Å². The fraction of sp³-hybridized carbons (Fsp3) is 0.444. The summed E-state index contributed by atoms with van der Waals surface area (Å²) in [7, 11) is 0. The lowest BCUT2D eigenvalue weighted by molar-refractivity contribution is -0.143. The van der Waals surface area contributed by atoms with Gasteiger partial charge < -0.3 is 20.5 Å². The van der Waals surface area contributed by atoms with E-state index in [2.05, 4.69) is 34.9 Å². The summed E-state index contributed by atoms with van der Waals surface area (Å²) in [4.78, 5) is 36.8. The normalized spacial score (nSPS) is 16.3. The molecule has 0 aliphatic heterocycles. The first-order valence-electron chi connectivity index (χ1n) is 12.0. The molecule has 0 radical (unpaired) electrons. The van der Waals surface area contributed by atoms with Gasteiger partial charge in [-0.25, -0.2) is 9.59 Å². The molecule has 3 N–H and O–H groups in total. The van der Waals surface area contributed by atoms with E-state index >= 15 is 0 Å².